The molecule has 0 saturated carbocycles. The van der Waals surface area contributed by atoms with Gasteiger partial charge >= 0.3 is 0 Å². The van der Waals surface area contributed by atoms with Crippen LogP contribution in [-0.2, 0) is 16.4 Å². The summed E-state index contributed by atoms with van der Waals surface area (Å²) in [5, 5.41) is 9.86. The molecule has 17 heavy (non-hydrogen) atoms. The van der Waals surface area contributed by atoms with Crippen LogP contribution in [-0.4, -0.2) is 38.3 Å². The van der Waals surface area contributed by atoms with Gasteiger partial charge in [-0.1, -0.05) is 6.07 Å². The largest absolute Gasteiger partial charge is 0.369 e. The number of fused-ring (bicyclic) bond motifs is 1. The highest BCUT2D eigenvalue weighted by molar-refractivity contribution is 7.90. The number of carbonyl (C=O) groups excluding carboxylic acids is 1. The molecule has 1 unspecified atom stereocenters. The van der Waals surface area contributed by atoms with Gasteiger partial charge in [0.15, 0.2) is 21.9 Å². The summed E-state index contributed by atoms with van der Waals surface area (Å²) in [5.74, 6) is -0.241. The monoisotopic (exact) mass is 253 g/mol. The lowest BCUT2D eigenvalue weighted by Crippen LogP contribution is -2.27. The Morgan fingerprint density at radius 1 is 1.53 bits per heavy atom. The highest BCUT2D eigenvalue weighted by Gasteiger charge is 2.30. The Labute approximate surface area is 100 Å². The maximum Gasteiger partial charge on any atom is 0.216 e. The van der Waals surface area contributed by atoms with Crippen molar-refractivity contribution in [1.29, 1.82) is 0 Å². The number of nitrogens with zero attached hydrogens (tertiary/aromatic N) is 1. The lowest BCUT2D eigenvalue weighted by atomic mass is 10.1. The SMILES string of the molecule is BC(=O)N1Cc2cc(S(C)(=O)=O)ccc2C1O. The molecule has 7 heteroatoms. The molecule has 1 aliphatic heterocycles. The second kappa shape index (κ2) is 3.85. The number of aliphatic hydroxyl groups is 1. The minimum absolute atomic E-state index is 0.203. The van der Waals surface area contributed by atoms with Crippen LogP contribution in [0.5, 0.6) is 0 Å². The van der Waals surface area contributed by atoms with Gasteiger partial charge in [-0.2, -0.15) is 0 Å². The van der Waals surface area contributed by atoms with Crippen molar-refractivity contribution in [3.05, 3.63) is 29.3 Å². The standard InChI is InChI=1S/C10H12BNO4S/c1-17(15,16)7-2-3-8-6(4-7)5-12(9(8)13)10(11)14/h2-4,9,13H,5,11H2,1H3. The van der Waals surface area contributed by atoms with E-state index in [1.807, 2.05) is 0 Å². The molecule has 1 atom stereocenters. The number of hydrogen-bond acceptors (Lipinski definition) is 4. The van der Waals surface area contributed by atoms with Crippen molar-refractivity contribution in [3.8, 4) is 0 Å². The van der Waals surface area contributed by atoms with E-state index in [9.17, 15) is 18.3 Å². The second-order valence-electron chi connectivity index (χ2n) is 4.15. The molecule has 0 fully saturated rings. The third-order valence-corrected chi connectivity index (χ3v) is 3.97. The molecular formula is C10H12BNO4S. The second-order valence-corrected chi connectivity index (χ2v) is 6.17. The van der Waals surface area contributed by atoms with E-state index in [-0.39, 0.29) is 17.2 Å². The number of hydrogen-bond donors (Lipinski definition) is 1. The van der Waals surface area contributed by atoms with E-state index < -0.39 is 16.1 Å². The molecule has 2 rings (SSSR count). The quantitative estimate of drug-likeness (QED) is 0.694. The summed E-state index contributed by atoms with van der Waals surface area (Å²) in [6.45, 7) is 0.245. The van der Waals surface area contributed by atoms with Crippen LogP contribution >= 0.6 is 0 Å². The van der Waals surface area contributed by atoms with Gasteiger partial charge in [-0.05, 0) is 17.7 Å². The summed E-state index contributed by atoms with van der Waals surface area (Å²) in [6, 6.07) is 4.51. The van der Waals surface area contributed by atoms with Gasteiger partial charge in [0.1, 0.15) is 0 Å². The van der Waals surface area contributed by atoms with Crippen LogP contribution in [0.15, 0.2) is 23.1 Å². The Morgan fingerprint density at radius 2 is 2.18 bits per heavy atom. The number of aliphatic hydroxyl groups excluding tert-OH is 1. The van der Waals surface area contributed by atoms with Crippen molar-refractivity contribution in [3.63, 3.8) is 0 Å². The molecule has 0 bridgehead atoms. The number of rotatable bonds is 1. The number of amides is 1. The highest BCUT2D eigenvalue weighted by atomic mass is 32.2. The number of benzene rings is 1. The Morgan fingerprint density at radius 3 is 2.71 bits per heavy atom. The van der Waals surface area contributed by atoms with Crippen molar-refractivity contribution in [2.24, 2.45) is 0 Å². The van der Waals surface area contributed by atoms with Crippen molar-refractivity contribution >= 4 is 23.5 Å². The average Bonchev–Trinajstić information content (AvgIpc) is 2.54. The zero-order valence-electron chi connectivity index (χ0n) is 9.54. The lowest BCUT2D eigenvalue weighted by molar-refractivity contribution is 0.0501. The molecule has 0 aromatic heterocycles. The van der Waals surface area contributed by atoms with Crippen molar-refractivity contribution < 1.29 is 18.3 Å². The summed E-state index contributed by atoms with van der Waals surface area (Å²) >= 11 is 0. The molecule has 5 nitrogen and oxygen atoms in total. The first-order valence-electron chi connectivity index (χ1n) is 5.09. The fourth-order valence-corrected chi connectivity index (χ4v) is 2.59. The zero-order valence-corrected chi connectivity index (χ0v) is 10.4. The first kappa shape index (κ1) is 12.1. The molecule has 0 saturated heterocycles. The van der Waals surface area contributed by atoms with Crippen LogP contribution in [0.3, 0.4) is 0 Å². The molecule has 1 heterocycles. The van der Waals surface area contributed by atoms with E-state index >= 15 is 0 Å². The van der Waals surface area contributed by atoms with Crippen molar-refractivity contribution in [1.82, 2.24) is 4.90 Å². The molecule has 1 aromatic rings. The van der Waals surface area contributed by atoms with E-state index in [2.05, 4.69) is 0 Å². The average molecular weight is 253 g/mol. The highest BCUT2D eigenvalue weighted by Crippen LogP contribution is 2.32. The van der Waals surface area contributed by atoms with Gasteiger partial charge in [-0.3, -0.25) is 4.79 Å². The molecule has 0 aliphatic carbocycles. The van der Waals surface area contributed by atoms with Crippen LogP contribution in [0, 0.1) is 0 Å². The topological polar surface area (TPSA) is 74.7 Å². The molecule has 90 valence electrons. The normalized spacial score (nSPS) is 19.2. The predicted octanol–water partition coefficient (Wildman–Crippen LogP) is -0.350. The Bertz CT molecular complexity index is 584. The van der Waals surface area contributed by atoms with Crippen molar-refractivity contribution in [2.75, 3.05) is 6.26 Å². The molecule has 1 aliphatic rings. The van der Waals surface area contributed by atoms with Crippen molar-refractivity contribution in [2.45, 2.75) is 17.7 Å². The summed E-state index contributed by atoms with van der Waals surface area (Å²) in [6.07, 6.45) is 0.152. The Balaban J connectivity index is 2.46. The maximum absolute atomic E-state index is 11.4. The predicted molar refractivity (Wildman–Crippen MR) is 64.0 cm³/mol. The number of carbonyl (C=O) groups is 1. The Kier molecular flexibility index (Phi) is 2.75. The zero-order chi connectivity index (χ0) is 12.8. The third kappa shape index (κ3) is 2.08. The van der Waals surface area contributed by atoms with Gasteiger partial charge in [0.05, 0.1) is 4.90 Å². The van der Waals surface area contributed by atoms with Gasteiger partial charge in [-0.15, -0.1) is 0 Å². The van der Waals surface area contributed by atoms with Crippen LogP contribution in [0.4, 0.5) is 4.79 Å². The van der Waals surface area contributed by atoms with Gasteiger partial charge in [0.25, 0.3) is 0 Å². The molecule has 1 aromatic carbocycles. The van der Waals surface area contributed by atoms with Crippen LogP contribution in [0.25, 0.3) is 0 Å². The van der Waals surface area contributed by atoms with Gasteiger partial charge in [0.2, 0.25) is 7.85 Å². The van der Waals surface area contributed by atoms with Gasteiger partial charge in [0, 0.05) is 18.4 Å². The van der Waals surface area contributed by atoms with Crippen LogP contribution in [0.2, 0.25) is 0 Å². The summed E-state index contributed by atoms with van der Waals surface area (Å²) in [5.41, 5.74) is 1.27. The van der Waals surface area contributed by atoms with E-state index in [4.69, 9.17) is 0 Å². The molecule has 1 amide bonds. The Hall–Kier alpha value is -1.34. The smallest absolute Gasteiger partial charge is 0.216 e. The minimum atomic E-state index is -3.26. The minimum Gasteiger partial charge on any atom is -0.369 e. The third-order valence-electron chi connectivity index (χ3n) is 2.86. The first-order valence-corrected chi connectivity index (χ1v) is 6.98. The lowest BCUT2D eigenvalue weighted by Gasteiger charge is -2.18. The van der Waals surface area contributed by atoms with E-state index in [0.717, 1.165) is 6.26 Å². The van der Waals surface area contributed by atoms with E-state index in [1.165, 1.54) is 24.9 Å². The van der Waals surface area contributed by atoms with E-state index in [0.29, 0.717) is 11.1 Å². The van der Waals surface area contributed by atoms with Gasteiger partial charge < -0.3 is 10.0 Å². The summed E-state index contributed by atoms with van der Waals surface area (Å²) in [4.78, 5) is 12.7. The molecule has 1 N–H and O–H groups in total. The molecular weight excluding hydrogens is 241 g/mol. The maximum atomic E-state index is 11.4. The summed E-state index contributed by atoms with van der Waals surface area (Å²) in [7, 11) is -1.90. The first-order chi connectivity index (χ1) is 7.80. The van der Waals surface area contributed by atoms with Crippen LogP contribution in [0.1, 0.15) is 17.4 Å². The van der Waals surface area contributed by atoms with Crippen LogP contribution < -0.4 is 0 Å². The number of sulfone groups is 1. The fraction of sp³-hybridized carbons (Fsp3) is 0.300. The molecule has 0 spiro atoms. The van der Waals surface area contributed by atoms with E-state index in [1.54, 1.807) is 6.07 Å². The summed E-state index contributed by atoms with van der Waals surface area (Å²) < 4.78 is 22.8. The van der Waals surface area contributed by atoms with Gasteiger partial charge in [-0.25, -0.2) is 8.42 Å². The fourth-order valence-electron chi connectivity index (χ4n) is 1.92. The molecule has 0 radical (unpaired) electrons.